The number of rotatable bonds is 1. The van der Waals surface area contributed by atoms with Crippen LogP contribution in [0.2, 0.25) is 0 Å². The van der Waals surface area contributed by atoms with Crippen LogP contribution in [0.4, 0.5) is 4.39 Å². The maximum Gasteiger partial charge on any atom is 0.217 e. The molecule has 0 aliphatic heterocycles. The zero-order valence-electron chi connectivity index (χ0n) is 8.01. The first-order valence-corrected chi connectivity index (χ1v) is 4.72. The molecule has 74 valence electrons. The predicted molar refractivity (Wildman–Crippen MR) is 51.3 cm³/mol. The first-order chi connectivity index (χ1) is 6.66. The summed E-state index contributed by atoms with van der Waals surface area (Å²) in [4.78, 5) is 10.9. The van der Waals surface area contributed by atoms with E-state index >= 15 is 0 Å². The number of halogens is 1. The van der Waals surface area contributed by atoms with Gasteiger partial charge in [-0.2, -0.15) is 0 Å². The van der Waals surface area contributed by atoms with Crippen LogP contribution in [0.3, 0.4) is 0 Å². The average molecular weight is 193 g/mol. The predicted octanol–water partition coefficient (Wildman–Crippen LogP) is 1.95. The van der Waals surface area contributed by atoms with E-state index < -0.39 is 0 Å². The van der Waals surface area contributed by atoms with Crippen LogP contribution >= 0.6 is 0 Å². The van der Waals surface area contributed by atoms with Crippen molar-refractivity contribution in [1.29, 1.82) is 0 Å². The number of carbonyl (C=O) groups is 1. The number of amides is 1. The van der Waals surface area contributed by atoms with Crippen LogP contribution in [-0.2, 0) is 11.2 Å². The van der Waals surface area contributed by atoms with Gasteiger partial charge < -0.3 is 5.32 Å². The summed E-state index contributed by atoms with van der Waals surface area (Å²) in [6.45, 7) is 1.50. The topological polar surface area (TPSA) is 29.1 Å². The largest absolute Gasteiger partial charge is 0.350 e. The standard InChI is InChI=1S/C11H12FNO/c1-7(14)13-11-5-2-8-6-9(12)3-4-10(8)11/h3-4,6,11H,2,5H2,1H3,(H,13,14)/t11-/m0/s1. The molecule has 1 aromatic carbocycles. The van der Waals surface area contributed by atoms with Gasteiger partial charge in [-0.1, -0.05) is 6.07 Å². The molecule has 0 bridgehead atoms. The third kappa shape index (κ3) is 1.62. The number of benzene rings is 1. The molecule has 1 amide bonds. The molecule has 0 fully saturated rings. The molecule has 0 heterocycles. The van der Waals surface area contributed by atoms with Crippen LogP contribution in [0, 0.1) is 5.82 Å². The van der Waals surface area contributed by atoms with Crippen molar-refractivity contribution in [2.45, 2.75) is 25.8 Å². The van der Waals surface area contributed by atoms with Gasteiger partial charge in [-0.15, -0.1) is 0 Å². The maximum atomic E-state index is 12.9. The molecule has 0 saturated carbocycles. The number of aryl methyl sites for hydroxylation is 1. The van der Waals surface area contributed by atoms with Gasteiger partial charge in [-0.25, -0.2) is 4.39 Å². The van der Waals surface area contributed by atoms with E-state index in [4.69, 9.17) is 0 Å². The maximum absolute atomic E-state index is 12.9. The summed E-state index contributed by atoms with van der Waals surface area (Å²) in [5.41, 5.74) is 2.07. The van der Waals surface area contributed by atoms with Gasteiger partial charge in [0.1, 0.15) is 5.82 Å². The van der Waals surface area contributed by atoms with Gasteiger partial charge in [-0.05, 0) is 36.1 Å². The van der Waals surface area contributed by atoms with Crippen molar-refractivity contribution in [3.05, 3.63) is 35.1 Å². The quantitative estimate of drug-likeness (QED) is 0.725. The van der Waals surface area contributed by atoms with E-state index in [1.807, 2.05) is 0 Å². The van der Waals surface area contributed by atoms with Gasteiger partial charge >= 0.3 is 0 Å². The minimum absolute atomic E-state index is 0.0350. The molecule has 2 nitrogen and oxygen atoms in total. The van der Waals surface area contributed by atoms with Gasteiger partial charge in [0, 0.05) is 6.92 Å². The summed E-state index contributed by atoms with van der Waals surface area (Å²) in [7, 11) is 0. The number of hydrogen-bond donors (Lipinski definition) is 1. The van der Waals surface area contributed by atoms with E-state index in [1.54, 1.807) is 12.1 Å². The van der Waals surface area contributed by atoms with Crippen molar-refractivity contribution in [2.75, 3.05) is 0 Å². The second-order valence-electron chi connectivity index (χ2n) is 3.63. The molecule has 3 heteroatoms. The van der Waals surface area contributed by atoms with Crippen LogP contribution in [-0.4, -0.2) is 5.91 Å². The molecular weight excluding hydrogens is 181 g/mol. The third-order valence-electron chi connectivity index (χ3n) is 2.56. The highest BCUT2D eigenvalue weighted by Crippen LogP contribution is 2.31. The summed E-state index contributed by atoms with van der Waals surface area (Å²) in [6, 6.07) is 4.83. The van der Waals surface area contributed by atoms with E-state index in [9.17, 15) is 9.18 Å². The second-order valence-corrected chi connectivity index (χ2v) is 3.63. The van der Waals surface area contributed by atoms with Crippen molar-refractivity contribution in [3.8, 4) is 0 Å². The number of carbonyl (C=O) groups excluding carboxylic acids is 1. The van der Waals surface area contributed by atoms with Crippen molar-refractivity contribution in [1.82, 2.24) is 5.32 Å². The molecule has 0 aromatic heterocycles. The Balaban J connectivity index is 2.26. The minimum Gasteiger partial charge on any atom is -0.350 e. The highest BCUT2D eigenvalue weighted by Gasteiger charge is 2.22. The second kappa shape index (κ2) is 3.40. The van der Waals surface area contributed by atoms with Crippen LogP contribution in [0.15, 0.2) is 18.2 Å². The fourth-order valence-electron chi connectivity index (χ4n) is 1.98. The molecule has 14 heavy (non-hydrogen) atoms. The average Bonchev–Trinajstić information content (AvgIpc) is 2.47. The normalized spacial score (nSPS) is 19.1. The number of fused-ring (bicyclic) bond motifs is 1. The fraction of sp³-hybridized carbons (Fsp3) is 0.364. The molecule has 1 aliphatic carbocycles. The molecule has 0 radical (unpaired) electrons. The van der Waals surface area contributed by atoms with Crippen LogP contribution in [0.25, 0.3) is 0 Å². The molecule has 1 N–H and O–H groups in total. The molecule has 1 aromatic rings. The van der Waals surface area contributed by atoms with Crippen LogP contribution in [0.5, 0.6) is 0 Å². The summed E-state index contributed by atoms with van der Waals surface area (Å²) >= 11 is 0. The van der Waals surface area contributed by atoms with Gasteiger partial charge in [0.15, 0.2) is 0 Å². The Kier molecular flexibility index (Phi) is 2.23. The van der Waals surface area contributed by atoms with Crippen molar-refractivity contribution in [3.63, 3.8) is 0 Å². The van der Waals surface area contributed by atoms with Gasteiger partial charge in [0.2, 0.25) is 5.91 Å². The van der Waals surface area contributed by atoms with E-state index in [-0.39, 0.29) is 17.8 Å². The van der Waals surface area contributed by atoms with E-state index in [0.717, 1.165) is 24.0 Å². The lowest BCUT2D eigenvalue weighted by molar-refractivity contribution is -0.119. The molecule has 0 spiro atoms. The molecule has 1 aliphatic rings. The van der Waals surface area contributed by atoms with Gasteiger partial charge in [-0.3, -0.25) is 4.79 Å². The SMILES string of the molecule is CC(=O)N[C@H]1CCc2cc(F)ccc21. The van der Waals surface area contributed by atoms with Crippen molar-refractivity contribution in [2.24, 2.45) is 0 Å². The monoisotopic (exact) mass is 193 g/mol. The van der Waals surface area contributed by atoms with E-state index in [2.05, 4.69) is 5.32 Å². The summed E-state index contributed by atoms with van der Waals surface area (Å²) in [5, 5.41) is 2.86. The summed E-state index contributed by atoms with van der Waals surface area (Å²) < 4.78 is 12.9. The highest BCUT2D eigenvalue weighted by atomic mass is 19.1. The summed E-state index contributed by atoms with van der Waals surface area (Å²) in [5.74, 6) is -0.237. The Morgan fingerprint density at radius 2 is 2.36 bits per heavy atom. The highest BCUT2D eigenvalue weighted by molar-refractivity contribution is 5.73. The Labute approximate surface area is 82.1 Å². The lowest BCUT2D eigenvalue weighted by Crippen LogP contribution is -2.24. The van der Waals surface area contributed by atoms with Crippen molar-refractivity contribution < 1.29 is 9.18 Å². The molecule has 0 saturated heterocycles. The smallest absolute Gasteiger partial charge is 0.217 e. The minimum atomic E-state index is -0.202. The Morgan fingerprint density at radius 3 is 3.07 bits per heavy atom. The van der Waals surface area contributed by atoms with Crippen LogP contribution in [0.1, 0.15) is 30.5 Å². The lowest BCUT2D eigenvalue weighted by atomic mass is 10.1. The van der Waals surface area contributed by atoms with Gasteiger partial charge in [0.25, 0.3) is 0 Å². The third-order valence-corrected chi connectivity index (χ3v) is 2.56. The Hall–Kier alpha value is -1.38. The van der Waals surface area contributed by atoms with Crippen LogP contribution < -0.4 is 5.32 Å². The zero-order valence-corrected chi connectivity index (χ0v) is 8.01. The van der Waals surface area contributed by atoms with E-state index in [1.165, 1.54) is 13.0 Å². The van der Waals surface area contributed by atoms with Crippen molar-refractivity contribution >= 4 is 5.91 Å². The molecular formula is C11H12FNO. The van der Waals surface area contributed by atoms with E-state index in [0.29, 0.717) is 0 Å². The lowest BCUT2D eigenvalue weighted by Gasteiger charge is -2.11. The fourth-order valence-corrected chi connectivity index (χ4v) is 1.98. The number of hydrogen-bond acceptors (Lipinski definition) is 1. The molecule has 1 atom stereocenters. The number of nitrogens with one attached hydrogen (secondary N) is 1. The molecule has 0 unspecified atom stereocenters. The first-order valence-electron chi connectivity index (χ1n) is 4.72. The zero-order chi connectivity index (χ0) is 10.1. The van der Waals surface area contributed by atoms with Gasteiger partial charge in [0.05, 0.1) is 6.04 Å². The molecule has 2 rings (SSSR count). The Morgan fingerprint density at radius 1 is 1.57 bits per heavy atom. The summed E-state index contributed by atoms with van der Waals surface area (Å²) in [6.07, 6.45) is 1.72. The Bertz CT molecular complexity index is 376. The first kappa shape index (κ1) is 9.19.